The van der Waals surface area contributed by atoms with E-state index in [1.54, 1.807) is 0 Å². The highest BCUT2D eigenvalue weighted by Crippen LogP contribution is 2.53. The number of anilines is 3. The van der Waals surface area contributed by atoms with E-state index in [0.717, 1.165) is 6.42 Å². The van der Waals surface area contributed by atoms with Gasteiger partial charge in [-0.25, -0.2) is 0 Å². The molecule has 0 fully saturated rings. The van der Waals surface area contributed by atoms with Crippen LogP contribution >= 0.6 is 0 Å². The van der Waals surface area contributed by atoms with Crippen LogP contribution in [-0.2, 0) is 6.42 Å². The van der Waals surface area contributed by atoms with E-state index in [1.807, 2.05) is 0 Å². The molecule has 0 saturated heterocycles. The van der Waals surface area contributed by atoms with Crippen LogP contribution in [0, 0.1) is 0 Å². The zero-order valence-corrected chi connectivity index (χ0v) is 26.3. The third-order valence-corrected chi connectivity index (χ3v) is 10.8. The first-order valence-corrected chi connectivity index (χ1v) is 16.9. The molecular weight excluding hydrogens is 581 g/mol. The Labute approximate surface area is 279 Å². The van der Waals surface area contributed by atoms with Gasteiger partial charge in [0.15, 0.2) is 0 Å². The Kier molecular flexibility index (Phi) is 5.25. The van der Waals surface area contributed by atoms with Crippen LogP contribution < -0.4 is 4.90 Å². The van der Waals surface area contributed by atoms with Gasteiger partial charge in [-0.1, -0.05) is 127 Å². The summed E-state index contributed by atoms with van der Waals surface area (Å²) in [5.74, 6) is 0.355. The van der Waals surface area contributed by atoms with Crippen molar-refractivity contribution in [1.82, 2.24) is 4.57 Å². The number of hydrogen-bond donors (Lipinski definition) is 0. The molecule has 0 bridgehead atoms. The maximum absolute atomic E-state index is 2.50. The zero-order chi connectivity index (χ0) is 31.3. The van der Waals surface area contributed by atoms with E-state index < -0.39 is 0 Å². The van der Waals surface area contributed by atoms with Crippen molar-refractivity contribution in [3.63, 3.8) is 0 Å². The number of fused-ring (bicyclic) bond motifs is 5. The van der Waals surface area contributed by atoms with Gasteiger partial charge in [-0.15, -0.1) is 0 Å². The van der Waals surface area contributed by atoms with Gasteiger partial charge in [0.05, 0.1) is 28.1 Å². The fourth-order valence-corrected chi connectivity index (χ4v) is 8.75. The third kappa shape index (κ3) is 3.52. The lowest BCUT2D eigenvalue weighted by molar-refractivity contribution is 0.891. The molecule has 2 nitrogen and oxygen atoms in total. The van der Waals surface area contributed by atoms with E-state index in [4.69, 9.17) is 0 Å². The van der Waals surface area contributed by atoms with E-state index in [-0.39, 0.29) is 0 Å². The predicted molar refractivity (Wildman–Crippen MR) is 201 cm³/mol. The first kappa shape index (κ1) is 26.0. The third-order valence-electron chi connectivity index (χ3n) is 10.8. The van der Waals surface area contributed by atoms with E-state index in [2.05, 4.69) is 173 Å². The Bertz CT molecular complexity index is 2640. The fourth-order valence-electron chi connectivity index (χ4n) is 8.75. The number of aromatic nitrogens is 1. The Morgan fingerprint density at radius 3 is 2.25 bits per heavy atom. The van der Waals surface area contributed by atoms with Crippen molar-refractivity contribution < 1.29 is 0 Å². The lowest BCUT2D eigenvalue weighted by Crippen LogP contribution is -2.21. The smallest absolute Gasteiger partial charge is 0.0783 e. The van der Waals surface area contributed by atoms with Gasteiger partial charge >= 0.3 is 0 Å². The molecule has 1 atom stereocenters. The van der Waals surface area contributed by atoms with Gasteiger partial charge in [-0.2, -0.15) is 0 Å². The zero-order valence-electron chi connectivity index (χ0n) is 26.3. The van der Waals surface area contributed by atoms with E-state index in [1.165, 1.54) is 94.6 Å². The minimum Gasteiger partial charge on any atom is -0.306 e. The van der Waals surface area contributed by atoms with Gasteiger partial charge in [-0.05, 0) is 92.9 Å². The molecule has 0 saturated carbocycles. The Morgan fingerprint density at radius 2 is 1.35 bits per heavy atom. The SMILES string of the molecule is C1=CC2=CCc3cc(N4c5ccccc5-n5c6cc(-c7ccccc7-c7ccccc7)ccc6c6cccc4c65)cc4c3C2C(=C1)C=C4. The molecule has 2 heterocycles. The molecule has 7 aromatic rings. The standard InChI is InChI=1S/C46H30N2/c1-2-10-29(11-3-1)36-14-4-5-15-37(36)32-24-25-38-39-16-9-19-42-46(39)48(43(38)28-32)41-18-7-6-17-40(41)47(42)35-26-33-22-20-30-12-8-13-31-21-23-34(27-35)45(33)44(30)31/h1-22,24-28,44H,23H2. The molecule has 1 aliphatic heterocycles. The number of para-hydroxylation sites is 3. The van der Waals surface area contributed by atoms with Gasteiger partial charge in [0, 0.05) is 22.4 Å². The van der Waals surface area contributed by atoms with Gasteiger partial charge in [0.25, 0.3) is 0 Å². The normalized spacial score (nSPS) is 16.5. The average molecular weight is 611 g/mol. The van der Waals surface area contributed by atoms with Crippen molar-refractivity contribution in [3.8, 4) is 27.9 Å². The topological polar surface area (TPSA) is 8.17 Å². The predicted octanol–water partition coefficient (Wildman–Crippen LogP) is 12.0. The lowest BCUT2D eigenvalue weighted by Gasteiger charge is -2.37. The molecule has 0 amide bonds. The lowest BCUT2D eigenvalue weighted by atomic mass is 9.71. The number of benzene rings is 6. The Balaban J connectivity index is 1.14. The summed E-state index contributed by atoms with van der Waals surface area (Å²) in [6.45, 7) is 0. The number of allylic oxidation sites excluding steroid dienone is 7. The van der Waals surface area contributed by atoms with Crippen LogP contribution in [0.5, 0.6) is 0 Å². The summed E-state index contributed by atoms with van der Waals surface area (Å²) in [4.78, 5) is 2.50. The molecule has 48 heavy (non-hydrogen) atoms. The summed E-state index contributed by atoms with van der Waals surface area (Å²) in [5.41, 5.74) is 19.4. The molecule has 0 N–H and O–H groups in total. The van der Waals surface area contributed by atoms with Gasteiger partial charge in [-0.3, -0.25) is 0 Å². The summed E-state index contributed by atoms with van der Waals surface area (Å²) in [6.07, 6.45) is 14.8. The number of hydrogen-bond acceptors (Lipinski definition) is 1. The molecule has 6 aromatic carbocycles. The van der Waals surface area contributed by atoms with Gasteiger partial charge in [0.2, 0.25) is 0 Å². The van der Waals surface area contributed by atoms with Crippen LogP contribution in [0.1, 0.15) is 22.6 Å². The quantitative estimate of drug-likeness (QED) is 0.193. The fraction of sp³-hybridized carbons (Fsp3) is 0.0435. The van der Waals surface area contributed by atoms with Crippen LogP contribution in [-0.4, -0.2) is 4.57 Å². The molecule has 1 aromatic heterocycles. The molecule has 3 aliphatic carbocycles. The molecule has 0 spiro atoms. The molecule has 0 radical (unpaired) electrons. The summed E-state index contributed by atoms with van der Waals surface area (Å²) < 4.78 is 2.50. The first-order valence-electron chi connectivity index (χ1n) is 16.9. The monoisotopic (exact) mass is 610 g/mol. The van der Waals surface area contributed by atoms with E-state index in [9.17, 15) is 0 Å². The molecular formula is C46H30N2. The summed E-state index contributed by atoms with van der Waals surface area (Å²) in [6, 6.07) is 47.1. The van der Waals surface area contributed by atoms with Crippen molar-refractivity contribution in [3.05, 3.63) is 186 Å². The van der Waals surface area contributed by atoms with Crippen LogP contribution in [0.25, 0.3) is 55.8 Å². The summed E-state index contributed by atoms with van der Waals surface area (Å²) >= 11 is 0. The molecule has 2 heteroatoms. The van der Waals surface area contributed by atoms with E-state index in [0.29, 0.717) is 5.92 Å². The van der Waals surface area contributed by atoms with Crippen LogP contribution in [0.3, 0.4) is 0 Å². The summed E-state index contributed by atoms with van der Waals surface area (Å²) in [7, 11) is 0. The minimum atomic E-state index is 0.355. The average Bonchev–Trinajstić information content (AvgIpc) is 3.49. The van der Waals surface area contributed by atoms with Crippen molar-refractivity contribution in [1.29, 1.82) is 0 Å². The molecule has 224 valence electrons. The molecule has 4 aliphatic rings. The Hall–Kier alpha value is -6.12. The Morgan fingerprint density at radius 1 is 0.562 bits per heavy atom. The highest BCUT2D eigenvalue weighted by molar-refractivity contribution is 6.17. The van der Waals surface area contributed by atoms with Crippen molar-refractivity contribution in [2.45, 2.75) is 12.3 Å². The van der Waals surface area contributed by atoms with Crippen LogP contribution in [0.15, 0.2) is 169 Å². The van der Waals surface area contributed by atoms with Crippen LogP contribution in [0.4, 0.5) is 17.1 Å². The highest BCUT2D eigenvalue weighted by atomic mass is 15.2. The van der Waals surface area contributed by atoms with Crippen molar-refractivity contribution in [2.24, 2.45) is 0 Å². The second-order valence-electron chi connectivity index (χ2n) is 13.3. The second kappa shape index (κ2) is 9.70. The van der Waals surface area contributed by atoms with Crippen molar-refractivity contribution >= 4 is 44.9 Å². The molecule has 1 unspecified atom stereocenters. The minimum absolute atomic E-state index is 0.355. The van der Waals surface area contributed by atoms with Gasteiger partial charge in [0.1, 0.15) is 0 Å². The molecule has 11 rings (SSSR count). The maximum atomic E-state index is 2.50. The number of nitrogens with zero attached hydrogens (tertiary/aromatic N) is 2. The number of rotatable bonds is 3. The maximum Gasteiger partial charge on any atom is 0.0783 e. The van der Waals surface area contributed by atoms with Gasteiger partial charge < -0.3 is 9.47 Å². The van der Waals surface area contributed by atoms with Crippen molar-refractivity contribution in [2.75, 3.05) is 4.90 Å². The summed E-state index contributed by atoms with van der Waals surface area (Å²) in [5, 5.41) is 2.55. The van der Waals surface area contributed by atoms with E-state index >= 15 is 0 Å². The largest absolute Gasteiger partial charge is 0.306 e. The van der Waals surface area contributed by atoms with Crippen LogP contribution in [0.2, 0.25) is 0 Å². The first-order chi connectivity index (χ1) is 23.8. The second-order valence-corrected chi connectivity index (χ2v) is 13.3. The highest BCUT2D eigenvalue weighted by Gasteiger charge is 2.33.